The van der Waals surface area contributed by atoms with Gasteiger partial charge in [0, 0.05) is 49.7 Å². The number of nitrogens with one attached hydrogen (secondary N) is 1. The van der Waals surface area contributed by atoms with Gasteiger partial charge in [-0.1, -0.05) is 6.07 Å². The molecule has 9 nitrogen and oxygen atoms in total. The van der Waals surface area contributed by atoms with Gasteiger partial charge in [-0.15, -0.1) is 0 Å². The number of hydrogen-bond donors (Lipinski definition) is 1. The van der Waals surface area contributed by atoms with Crippen LogP contribution in [0.15, 0.2) is 36.8 Å². The number of imidazole rings is 1. The van der Waals surface area contributed by atoms with E-state index in [9.17, 15) is 4.79 Å². The third-order valence-corrected chi connectivity index (χ3v) is 7.59. The molecule has 38 heavy (non-hydrogen) atoms. The van der Waals surface area contributed by atoms with E-state index < -0.39 is 0 Å². The molecule has 1 N–H and O–H groups in total. The normalized spacial score (nSPS) is 16.3. The molecule has 1 aromatic carbocycles. The summed E-state index contributed by atoms with van der Waals surface area (Å²) in [4.78, 5) is 30.8. The molecule has 0 saturated heterocycles. The Hall–Kier alpha value is -3.90. The van der Waals surface area contributed by atoms with Crippen LogP contribution in [0.25, 0.3) is 4.85 Å². The van der Waals surface area contributed by atoms with Crippen molar-refractivity contribution in [2.75, 3.05) is 39.6 Å². The van der Waals surface area contributed by atoms with E-state index in [0.29, 0.717) is 31.1 Å². The molecule has 9 heteroatoms. The summed E-state index contributed by atoms with van der Waals surface area (Å²) in [7, 11) is 6.00. The van der Waals surface area contributed by atoms with Crippen LogP contribution in [-0.4, -0.2) is 64.5 Å². The standard InChI is InChI=1S/C29H35N7O2/c1-7-38-25-14-23(33-15-24(25)30-3)19(2)36-18-29(8-9-29)26-21(17-34(5)6)12-20(13-22(26)27(36)37)16-35-11-10-32-28(35)31-4/h10-15,19H,7-9,16-18H2,1-2,4-6H3,(H,31,32)/t19-/m0/s1. The monoisotopic (exact) mass is 513 g/mol. The first-order chi connectivity index (χ1) is 18.3. The lowest BCUT2D eigenvalue weighted by molar-refractivity contribution is 0.0633. The van der Waals surface area contributed by atoms with Crippen molar-refractivity contribution in [1.82, 2.24) is 24.3 Å². The molecule has 198 valence electrons. The Balaban J connectivity index is 1.56. The fourth-order valence-electron chi connectivity index (χ4n) is 5.67. The minimum atomic E-state index is -0.252. The number of pyridine rings is 1. The van der Waals surface area contributed by atoms with Gasteiger partial charge in [-0.3, -0.25) is 9.78 Å². The van der Waals surface area contributed by atoms with Gasteiger partial charge in [0.25, 0.3) is 5.91 Å². The van der Waals surface area contributed by atoms with Gasteiger partial charge in [0.15, 0.2) is 0 Å². The summed E-state index contributed by atoms with van der Waals surface area (Å²) in [6.45, 7) is 13.9. The van der Waals surface area contributed by atoms with E-state index in [4.69, 9.17) is 11.3 Å². The maximum absolute atomic E-state index is 14.2. The number of nitrogens with zero attached hydrogens (tertiary/aromatic N) is 6. The summed E-state index contributed by atoms with van der Waals surface area (Å²) >= 11 is 0. The number of fused-ring (bicyclic) bond motifs is 2. The molecular weight excluding hydrogens is 478 g/mol. The number of ether oxygens (including phenoxy) is 1. The first-order valence-corrected chi connectivity index (χ1v) is 13.1. The summed E-state index contributed by atoms with van der Waals surface area (Å²) in [5, 5.41) is 3.13. The van der Waals surface area contributed by atoms with Gasteiger partial charge in [0.05, 0.1) is 31.5 Å². The Bertz CT molecular complexity index is 1400. The quantitative estimate of drug-likeness (QED) is 0.421. The number of amides is 1. The molecule has 1 aliphatic heterocycles. The molecule has 3 heterocycles. The number of anilines is 1. The van der Waals surface area contributed by atoms with Crippen LogP contribution in [0.1, 0.15) is 65.5 Å². The number of rotatable bonds is 9. The second kappa shape index (κ2) is 10.1. The zero-order valence-corrected chi connectivity index (χ0v) is 22.8. The SMILES string of the molecule is [C-]#[N+]c1cnc([C@H](C)N2CC3(CC3)c3c(CN(C)C)cc(Cn4ccnc4NC)cc3C2=O)cc1OCC. The van der Waals surface area contributed by atoms with Crippen LogP contribution < -0.4 is 10.1 Å². The van der Waals surface area contributed by atoms with Crippen molar-refractivity contribution < 1.29 is 9.53 Å². The highest BCUT2D eigenvalue weighted by Gasteiger charge is 2.53. The number of aromatic nitrogens is 3. The van der Waals surface area contributed by atoms with Gasteiger partial charge in [0.1, 0.15) is 5.75 Å². The second-order valence-corrected chi connectivity index (χ2v) is 10.6. The lowest BCUT2D eigenvalue weighted by Gasteiger charge is -2.40. The van der Waals surface area contributed by atoms with E-state index in [1.807, 2.05) is 38.1 Å². The van der Waals surface area contributed by atoms with Crippen molar-refractivity contribution in [3.05, 3.63) is 76.2 Å². The van der Waals surface area contributed by atoms with Crippen LogP contribution in [0, 0.1) is 6.57 Å². The molecule has 2 aromatic heterocycles. The van der Waals surface area contributed by atoms with Crippen LogP contribution in [0.4, 0.5) is 11.6 Å². The predicted molar refractivity (Wildman–Crippen MR) is 147 cm³/mol. The highest BCUT2D eigenvalue weighted by Crippen LogP contribution is 2.55. The molecule has 1 aliphatic carbocycles. The van der Waals surface area contributed by atoms with E-state index in [-0.39, 0.29) is 17.4 Å². The third kappa shape index (κ3) is 4.61. The molecule has 3 aromatic rings. The Kier molecular flexibility index (Phi) is 6.84. The third-order valence-electron chi connectivity index (χ3n) is 7.59. The highest BCUT2D eigenvalue weighted by molar-refractivity contribution is 5.99. The van der Waals surface area contributed by atoms with Crippen molar-refractivity contribution in [2.45, 2.75) is 51.2 Å². The summed E-state index contributed by atoms with van der Waals surface area (Å²) in [5.74, 6) is 1.33. The zero-order valence-electron chi connectivity index (χ0n) is 22.8. The van der Waals surface area contributed by atoms with Gasteiger partial charge >= 0.3 is 0 Å². The van der Waals surface area contributed by atoms with E-state index in [1.54, 1.807) is 12.4 Å². The lowest BCUT2D eigenvalue weighted by Crippen LogP contribution is -2.45. The van der Waals surface area contributed by atoms with Gasteiger partial charge in [-0.25, -0.2) is 9.83 Å². The maximum atomic E-state index is 14.2. The molecule has 1 saturated carbocycles. The maximum Gasteiger partial charge on any atom is 0.254 e. The van der Waals surface area contributed by atoms with E-state index in [0.717, 1.165) is 42.2 Å². The van der Waals surface area contributed by atoms with Crippen LogP contribution >= 0.6 is 0 Å². The number of benzene rings is 1. The largest absolute Gasteiger partial charge is 0.505 e. The molecule has 1 atom stereocenters. The van der Waals surface area contributed by atoms with E-state index >= 15 is 0 Å². The minimum Gasteiger partial charge on any atom is -0.505 e. The predicted octanol–water partition coefficient (Wildman–Crippen LogP) is 4.63. The fourth-order valence-corrected chi connectivity index (χ4v) is 5.67. The summed E-state index contributed by atoms with van der Waals surface area (Å²) in [6, 6.07) is 5.91. The highest BCUT2D eigenvalue weighted by atomic mass is 16.5. The Morgan fingerprint density at radius 1 is 1.26 bits per heavy atom. The Morgan fingerprint density at radius 2 is 2.05 bits per heavy atom. The number of carbonyl (C=O) groups is 1. The molecule has 2 aliphatic rings. The van der Waals surface area contributed by atoms with Gasteiger partial charge in [0.2, 0.25) is 11.6 Å². The molecule has 1 spiro atoms. The summed E-state index contributed by atoms with van der Waals surface area (Å²) in [6.07, 6.45) is 7.41. The topological polar surface area (TPSA) is 79.9 Å². The number of hydrogen-bond acceptors (Lipinski definition) is 6. The molecular formula is C29H35N7O2. The first-order valence-electron chi connectivity index (χ1n) is 13.1. The average molecular weight is 514 g/mol. The summed E-state index contributed by atoms with van der Waals surface area (Å²) in [5.41, 5.74) is 5.41. The minimum absolute atomic E-state index is 0.0221. The van der Waals surface area contributed by atoms with Crippen molar-refractivity contribution in [3.63, 3.8) is 0 Å². The lowest BCUT2D eigenvalue weighted by atomic mass is 9.81. The molecule has 5 rings (SSSR count). The van der Waals surface area contributed by atoms with Gasteiger partial charge in [-0.2, -0.15) is 0 Å². The van der Waals surface area contributed by atoms with Crippen molar-refractivity contribution in [2.24, 2.45) is 0 Å². The van der Waals surface area contributed by atoms with Gasteiger partial charge < -0.3 is 24.4 Å². The van der Waals surface area contributed by atoms with Crippen LogP contribution in [0.3, 0.4) is 0 Å². The first kappa shape index (κ1) is 25.7. The van der Waals surface area contributed by atoms with E-state index in [1.165, 1.54) is 11.1 Å². The Morgan fingerprint density at radius 3 is 2.71 bits per heavy atom. The van der Waals surface area contributed by atoms with Crippen molar-refractivity contribution in [1.29, 1.82) is 0 Å². The van der Waals surface area contributed by atoms with Crippen LogP contribution in [0.2, 0.25) is 0 Å². The molecule has 0 bridgehead atoms. The second-order valence-electron chi connectivity index (χ2n) is 10.6. The molecule has 0 unspecified atom stereocenters. The zero-order chi connectivity index (χ0) is 27.0. The van der Waals surface area contributed by atoms with Crippen LogP contribution in [-0.2, 0) is 18.5 Å². The fraction of sp³-hybridized carbons (Fsp3) is 0.448. The van der Waals surface area contributed by atoms with Crippen LogP contribution in [0.5, 0.6) is 5.75 Å². The molecule has 0 radical (unpaired) electrons. The smallest absolute Gasteiger partial charge is 0.254 e. The van der Waals surface area contributed by atoms with Crippen molar-refractivity contribution in [3.8, 4) is 5.75 Å². The molecule has 1 amide bonds. The Labute approximate surface area is 224 Å². The average Bonchev–Trinajstić information content (AvgIpc) is 3.52. The van der Waals surface area contributed by atoms with Gasteiger partial charge in [-0.05, 0) is 69.6 Å². The summed E-state index contributed by atoms with van der Waals surface area (Å²) < 4.78 is 7.76. The molecule has 1 fully saturated rings. The van der Waals surface area contributed by atoms with Crippen molar-refractivity contribution >= 4 is 17.5 Å². The van der Waals surface area contributed by atoms with E-state index in [2.05, 4.69) is 55.8 Å². The number of carbonyl (C=O) groups excluding carboxylic acids is 1.